The number of para-hydroxylation sites is 1. The lowest BCUT2D eigenvalue weighted by atomic mass is 9.82. The second-order valence-corrected chi connectivity index (χ2v) is 5.68. The summed E-state index contributed by atoms with van der Waals surface area (Å²) in [5.41, 5.74) is 2.45. The Morgan fingerprint density at radius 3 is 2.33 bits per heavy atom. The number of ether oxygens (including phenoxy) is 1. The first-order chi connectivity index (χ1) is 11.7. The van der Waals surface area contributed by atoms with Crippen molar-refractivity contribution >= 4 is 11.7 Å². The highest BCUT2D eigenvalue weighted by atomic mass is 16.5. The van der Waals surface area contributed by atoms with Gasteiger partial charge in [0.05, 0.1) is 13.0 Å². The fourth-order valence-corrected chi connectivity index (χ4v) is 3.11. The average molecular weight is 318 g/mol. The molecule has 0 bridgehead atoms. The molecule has 0 fully saturated rings. The number of benzene rings is 2. The number of hydrogen-bond acceptors (Lipinski definition) is 4. The summed E-state index contributed by atoms with van der Waals surface area (Å²) >= 11 is 0. The third kappa shape index (κ3) is 3.02. The van der Waals surface area contributed by atoms with Crippen molar-refractivity contribution in [1.29, 1.82) is 5.26 Å². The van der Waals surface area contributed by atoms with Crippen molar-refractivity contribution in [2.24, 2.45) is 5.92 Å². The van der Waals surface area contributed by atoms with Gasteiger partial charge in [0.15, 0.2) is 0 Å². The van der Waals surface area contributed by atoms with E-state index in [2.05, 4.69) is 6.07 Å². The van der Waals surface area contributed by atoms with E-state index in [9.17, 15) is 10.1 Å². The topological polar surface area (TPSA) is 53.3 Å². The zero-order valence-electron chi connectivity index (χ0n) is 13.4. The highest BCUT2D eigenvalue weighted by Crippen LogP contribution is 2.36. The van der Waals surface area contributed by atoms with Crippen LogP contribution in [0.2, 0.25) is 0 Å². The van der Waals surface area contributed by atoms with Crippen molar-refractivity contribution in [3.63, 3.8) is 0 Å². The number of allylic oxidation sites excluding steroid dienone is 2. The third-order valence-corrected chi connectivity index (χ3v) is 4.31. The summed E-state index contributed by atoms with van der Waals surface area (Å²) in [6, 6.07) is 21.7. The molecule has 0 saturated carbocycles. The number of esters is 1. The van der Waals surface area contributed by atoms with Crippen LogP contribution >= 0.6 is 0 Å². The lowest BCUT2D eigenvalue weighted by molar-refractivity contribution is -0.145. The summed E-state index contributed by atoms with van der Waals surface area (Å²) in [6.45, 7) is 0.412. The summed E-state index contributed by atoms with van der Waals surface area (Å²) in [6.07, 6.45) is 1.87. The molecule has 1 heterocycles. The molecule has 0 aromatic heterocycles. The van der Waals surface area contributed by atoms with E-state index in [4.69, 9.17) is 4.74 Å². The molecule has 24 heavy (non-hydrogen) atoms. The fourth-order valence-electron chi connectivity index (χ4n) is 3.11. The Kier molecular flexibility index (Phi) is 4.62. The molecule has 1 aliphatic rings. The lowest BCUT2D eigenvalue weighted by Crippen LogP contribution is -2.40. The van der Waals surface area contributed by atoms with E-state index < -0.39 is 0 Å². The Bertz CT molecular complexity index is 778. The normalized spacial score (nSPS) is 20.0. The Balaban J connectivity index is 2.06. The van der Waals surface area contributed by atoms with Crippen molar-refractivity contribution in [2.45, 2.75) is 5.92 Å². The molecule has 2 atom stereocenters. The summed E-state index contributed by atoms with van der Waals surface area (Å²) in [5.74, 6) is -0.805. The molecular formula is C20H18N2O2. The van der Waals surface area contributed by atoms with Crippen LogP contribution < -0.4 is 4.90 Å². The predicted octanol–water partition coefficient (Wildman–Crippen LogP) is 3.49. The van der Waals surface area contributed by atoms with Crippen LogP contribution in [0, 0.1) is 17.2 Å². The fraction of sp³-hybridized carbons (Fsp3) is 0.200. The number of carbonyl (C=O) groups is 1. The SMILES string of the molecule is COC(=O)[C@@H]1CN(c2ccccc2)C(C#N)=C[C@H]1c1ccccc1. The molecule has 0 spiro atoms. The van der Waals surface area contributed by atoms with Gasteiger partial charge in [0, 0.05) is 18.2 Å². The zero-order valence-corrected chi connectivity index (χ0v) is 13.4. The van der Waals surface area contributed by atoms with Gasteiger partial charge in [-0.2, -0.15) is 5.26 Å². The van der Waals surface area contributed by atoms with Gasteiger partial charge in [0.1, 0.15) is 11.8 Å². The highest BCUT2D eigenvalue weighted by Gasteiger charge is 2.36. The van der Waals surface area contributed by atoms with Gasteiger partial charge < -0.3 is 9.64 Å². The molecule has 3 rings (SSSR count). The maximum atomic E-state index is 12.4. The van der Waals surface area contributed by atoms with E-state index in [0.29, 0.717) is 12.2 Å². The molecule has 1 aliphatic heterocycles. The van der Waals surface area contributed by atoms with Crippen LogP contribution in [0.15, 0.2) is 72.4 Å². The van der Waals surface area contributed by atoms with E-state index in [1.54, 1.807) is 0 Å². The Morgan fingerprint density at radius 2 is 1.75 bits per heavy atom. The van der Waals surface area contributed by atoms with Crippen LogP contribution in [0.1, 0.15) is 11.5 Å². The van der Waals surface area contributed by atoms with Gasteiger partial charge in [0.25, 0.3) is 0 Å². The van der Waals surface area contributed by atoms with Gasteiger partial charge >= 0.3 is 5.97 Å². The minimum atomic E-state index is -0.366. The lowest BCUT2D eigenvalue weighted by Gasteiger charge is -2.35. The van der Waals surface area contributed by atoms with Crippen LogP contribution in [-0.4, -0.2) is 19.6 Å². The first-order valence-corrected chi connectivity index (χ1v) is 7.82. The Hall–Kier alpha value is -3.06. The first-order valence-electron chi connectivity index (χ1n) is 7.82. The smallest absolute Gasteiger partial charge is 0.311 e. The molecule has 4 heteroatoms. The number of hydrogen-bond donors (Lipinski definition) is 0. The minimum absolute atomic E-state index is 0.173. The molecule has 4 nitrogen and oxygen atoms in total. The number of nitrogens with zero attached hydrogens (tertiary/aromatic N) is 2. The Morgan fingerprint density at radius 1 is 1.12 bits per heavy atom. The van der Waals surface area contributed by atoms with Gasteiger partial charge in [-0.3, -0.25) is 4.79 Å². The second kappa shape index (κ2) is 7.01. The summed E-state index contributed by atoms with van der Waals surface area (Å²) < 4.78 is 5.02. The van der Waals surface area contributed by atoms with Crippen LogP contribution in [-0.2, 0) is 9.53 Å². The molecule has 0 N–H and O–H groups in total. The van der Waals surface area contributed by atoms with Gasteiger partial charge in [-0.05, 0) is 23.8 Å². The maximum Gasteiger partial charge on any atom is 0.311 e. The molecule has 0 aliphatic carbocycles. The molecule has 0 saturated heterocycles. The molecule has 0 amide bonds. The first kappa shape index (κ1) is 15.8. The molecule has 0 radical (unpaired) electrons. The van der Waals surface area contributed by atoms with Crippen LogP contribution in [0.3, 0.4) is 0 Å². The molecule has 120 valence electrons. The van der Waals surface area contributed by atoms with Crippen LogP contribution in [0.25, 0.3) is 0 Å². The van der Waals surface area contributed by atoms with Crippen molar-refractivity contribution in [2.75, 3.05) is 18.6 Å². The minimum Gasteiger partial charge on any atom is -0.469 e. The Labute approximate surface area is 141 Å². The van der Waals surface area contributed by atoms with Gasteiger partial charge in [-0.25, -0.2) is 0 Å². The van der Waals surface area contributed by atoms with E-state index >= 15 is 0 Å². The van der Waals surface area contributed by atoms with E-state index in [-0.39, 0.29) is 17.8 Å². The zero-order chi connectivity index (χ0) is 16.9. The summed E-state index contributed by atoms with van der Waals surface area (Å²) in [7, 11) is 1.40. The largest absolute Gasteiger partial charge is 0.469 e. The highest BCUT2D eigenvalue weighted by molar-refractivity contribution is 5.77. The van der Waals surface area contributed by atoms with Crippen LogP contribution in [0.4, 0.5) is 5.69 Å². The van der Waals surface area contributed by atoms with E-state index in [1.807, 2.05) is 71.6 Å². The third-order valence-electron chi connectivity index (χ3n) is 4.31. The standard InChI is InChI=1S/C20H18N2O2/c1-24-20(23)19-14-22(16-10-6-3-7-11-16)17(13-21)12-18(19)15-8-4-2-5-9-15/h2-12,18-19H,14H2,1H3/t18-,19+/m0/s1. The van der Waals surface area contributed by atoms with Crippen molar-refractivity contribution in [3.05, 3.63) is 78.0 Å². The summed E-state index contributed by atoms with van der Waals surface area (Å²) in [4.78, 5) is 14.2. The number of carbonyl (C=O) groups excluding carboxylic acids is 1. The summed E-state index contributed by atoms with van der Waals surface area (Å²) in [5, 5.41) is 9.59. The van der Waals surface area contributed by atoms with Crippen molar-refractivity contribution in [3.8, 4) is 6.07 Å². The van der Waals surface area contributed by atoms with E-state index in [0.717, 1.165) is 11.3 Å². The monoisotopic (exact) mass is 318 g/mol. The quantitative estimate of drug-likeness (QED) is 0.813. The van der Waals surface area contributed by atoms with Crippen LogP contribution in [0.5, 0.6) is 0 Å². The number of anilines is 1. The van der Waals surface area contributed by atoms with Gasteiger partial charge in [-0.1, -0.05) is 48.5 Å². The van der Waals surface area contributed by atoms with E-state index in [1.165, 1.54) is 7.11 Å². The van der Waals surface area contributed by atoms with Gasteiger partial charge in [-0.15, -0.1) is 0 Å². The molecule has 0 unspecified atom stereocenters. The number of rotatable bonds is 3. The number of nitriles is 1. The second-order valence-electron chi connectivity index (χ2n) is 5.68. The van der Waals surface area contributed by atoms with Crippen molar-refractivity contribution < 1.29 is 9.53 Å². The molecule has 2 aromatic carbocycles. The van der Waals surface area contributed by atoms with Crippen molar-refractivity contribution in [1.82, 2.24) is 0 Å². The average Bonchev–Trinajstić information content (AvgIpc) is 2.67. The molecule has 2 aromatic rings. The number of methoxy groups -OCH3 is 1. The van der Waals surface area contributed by atoms with Gasteiger partial charge in [0.2, 0.25) is 0 Å². The predicted molar refractivity (Wildman–Crippen MR) is 92.2 cm³/mol. The maximum absolute atomic E-state index is 12.4. The molecular weight excluding hydrogens is 300 g/mol.